The van der Waals surface area contributed by atoms with Gasteiger partial charge >= 0.3 is 6.09 Å². The number of carbonyl (C=O) groups is 1. The van der Waals surface area contributed by atoms with Crippen LogP contribution >= 0.6 is 0 Å². The van der Waals surface area contributed by atoms with Gasteiger partial charge in [-0.1, -0.05) is 0 Å². The van der Waals surface area contributed by atoms with Crippen molar-refractivity contribution >= 4 is 6.09 Å². The first kappa shape index (κ1) is 25.1. The van der Waals surface area contributed by atoms with Crippen LogP contribution in [-0.2, 0) is 20.8 Å². The molecule has 0 aliphatic rings. The number of rotatable bonds is 11. The third kappa shape index (κ3) is 8.92. The van der Waals surface area contributed by atoms with E-state index in [0.717, 1.165) is 0 Å². The first-order chi connectivity index (χ1) is 13.5. The van der Waals surface area contributed by atoms with E-state index in [1.807, 2.05) is 0 Å². The maximum atomic E-state index is 13.5. The molecule has 29 heavy (non-hydrogen) atoms. The fourth-order valence-corrected chi connectivity index (χ4v) is 2.02. The summed E-state index contributed by atoms with van der Waals surface area (Å²) in [5.41, 5.74) is -1.51. The number of amides is 1. The van der Waals surface area contributed by atoms with Crippen molar-refractivity contribution in [1.82, 2.24) is 10.6 Å². The second kappa shape index (κ2) is 11.9. The molecule has 0 unspecified atom stereocenters. The smallest absolute Gasteiger partial charge is 0.407 e. The molecule has 1 amide bonds. The van der Waals surface area contributed by atoms with Gasteiger partial charge in [0, 0.05) is 25.2 Å². The first-order valence-corrected chi connectivity index (χ1v) is 8.88. The van der Waals surface area contributed by atoms with E-state index in [1.165, 1.54) is 0 Å². The second-order valence-electron chi connectivity index (χ2n) is 6.88. The number of ether oxygens (including phenoxy) is 3. The van der Waals surface area contributed by atoms with Crippen molar-refractivity contribution < 1.29 is 41.0 Å². The van der Waals surface area contributed by atoms with Crippen molar-refractivity contribution in [3.8, 4) is 0 Å². The number of carbonyl (C=O) groups excluding carboxylic acids is 1. The largest absolute Gasteiger partial charge is 0.444 e. The minimum absolute atomic E-state index is 0.125. The van der Waals surface area contributed by atoms with Crippen LogP contribution in [0.5, 0.6) is 0 Å². The van der Waals surface area contributed by atoms with E-state index < -0.39 is 52.9 Å². The lowest BCUT2D eigenvalue weighted by Crippen LogP contribution is -2.34. The van der Waals surface area contributed by atoms with E-state index in [4.69, 9.17) is 14.2 Å². The van der Waals surface area contributed by atoms with Crippen LogP contribution in [0.15, 0.2) is 0 Å². The zero-order valence-corrected chi connectivity index (χ0v) is 16.5. The Hall–Kier alpha value is -1.98. The number of hydrogen-bond donors (Lipinski definition) is 2. The summed E-state index contributed by atoms with van der Waals surface area (Å²) in [5.74, 6) is -9.86. The molecule has 2 N–H and O–H groups in total. The van der Waals surface area contributed by atoms with Crippen molar-refractivity contribution in [1.29, 1.82) is 0 Å². The number of nitrogens with one attached hydrogen (secondary N) is 2. The lowest BCUT2D eigenvalue weighted by atomic mass is 10.1. The summed E-state index contributed by atoms with van der Waals surface area (Å²) in [7, 11) is 0. The molecule has 0 aliphatic heterocycles. The zero-order chi connectivity index (χ0) is 22.0. The Morgan fingerprint density at radius 3 is 1.79 bits per heavy atom. The minimum Gasteiger partial charge on any atom is -0.444 e. The molecule has 1 rings (SSSR count). The molecule has 0 radical (unpaired) electrons. The third-order valence-corrected chi connectivity index (χ3v) is 3.31. The monoisotopic (exact) mass is 428 g/mol. The molecule has 6 nitrogen and oxygen atoms in total. The Morgan fingerprint density at radius 1 is 0.793 bits per heavy atom. The molecule has 0 bridgehead atoms. The average molecular weight is 428 g/mol. The van der Waals surface area contributed by atoms with Crippen molar-refractivity contribution in [3.63, 3.8) is 0 Å². The van der Waals surface area contributed by atoms with Crippen molar-refractivity contribution in [2.45, 2.75) is 32.9 Å². The summed E-state index contributed by atoms with van der Waals surface area (Å²) in [6, 6.07) is 0. The van der Waals surface area contributed by atoms with E-state index in [1.54, 1.807) is 20.8 Å². The van der Waals surface area contributed by atoms with Crippen molar-refractivity contribution in [3.05, 3.63) is 34.6 Å². The van der Waals surface area contributed by atoms with Crippen molar-refractivity contribution in [2.24, 2.45) is 0 Å². The summed E-state index contributed by atoms with van der Waals surface area (Å²) in [5, 5.41) is 5.06. The lowest BCUT2D eigenvalue weighted by molar-refractivity contribution is 0.0403. The Bertz CT molecular complexity index is 654. The summed E-state index contributed by atoms with van der Waals surface area (Å²) < 4.78 is 81.5. The van der Waals surface area contributed by atoms with E-state index in [-0.39, 0.29) is 39.5 Å². The molecule has 0 atom stereocenters. The molecule has 166 valence electrons. The Labute approximate surface area is 165 Å². The first-order valence-electron chi connectivity index (χ1n) is 8.88. The van der Waals surface area contributed by atoms with Gasteiger partial charge in [0.1, 0.15) is 5.60 Å². The van der Waals surface area contributed by atoms with Gasteiger partial charge in [-0.3, -0.25) is 0 Å². The van der Waals surface area contributed by atoms with Gasteiger partial charge in [0.2, 0.25) is 5.82 Å². The third-order valence-electron chi connectivity index (χ3n) is 3.31. The highest BCUT2D eigenvalue weighted by Crippen LogP contribution is 2.22. The molecular formula is C18H25F5N2O4. The zero-order valence-electron chi connectivity index (χ0n) is 16.5. The summed E-state index contributed by atoms with van der Waals surface area (Å²) >= 11 is 0. The van der Waals surface area contributed by atoms with Crippen LogP contribution in [0.3, 0.4) is 0 Å². The van der Waals surface area contributed by atoms with E-state index in [0.29, 0.717) is 0 Å². The summed E-state index contributed by atoms with van der Waals surface area (Å²) in [6.45, 7) is 5.94. The molecule has 0 heterocycles. The Morgan fingerprint density at radius 2 is 1.28 bits per heavy atom. The molecule has 0 fully saturated rings. The standard InChI is InChI=1S/C18H25F5N2O4/c1-18(2,3)29-17(26)25-5-7-28-9-8-27-6-4-24-10-11-12(19)14(21)16(23)15(22)13(11)20/h24H,4-10H2,1-3H3,(H,25,26). The second-order valence-corrected chi connectivity index (χ2v) is 6.88. The topological polar surface area (TPSA) is 68.8 Å². The van der Waals surface area contributed by atoms with Crippen LogP contribution in [0.4, 0.5) is 26.7 Å². The van der Waals surface area contributed by atoms with Crippen LogP contribution in [0, 0.1) is 29.1 Å². The molecular weight excluding hydrogens is 403 g/mol. The van der Waals surface area contributed by atoms with Crippen LogP contribution in [0.25, 0.3) is 0 Å². The number of benzene rings is 1. The van der Waals surface area contributed by atoms with E-state index in [9.17, 15) is 26.7 Å². The maximum Gasteiger partial charge on any atom is 0.407 e. The Balaban J connectivity index is 2.10. The van der Waals surface area contributed by atoms with Crippen LogP contribution in [0.2, 0.25) is 0 Å². The van der Waals surface area contributed by atoms with Gasteiger partial charge in [0.05, 0.1) is 26.4 Å². The lowest BCUT2D eigenvalue weighted by Gasteiger charge is -2.19. The predicted octanol–water partition coefficient (Wildman–Crippen LogP) is 3.03. The molecule has 1 aromatic carbocycles. The Kier molecular flexibility index (Phi) is 10.3. The van der Waals surface area contributed by atoms with Crippen LogP contribution in [0.1, 0.15) is 26.3 Å². The van der Waals surface area contributed by atoms with Crippen LogP contribution in [-0.4, -0.2) is 51.2 Å². The highest BCUT2D eigenvalue weighted by atomic mass is 19.2. The number of halogens is 5. The van der Waals surface area contributed by atoms with Gasteiger partial charge in [-0.15, -0.1) is 0 Å². The van der Waals surface area contributed by atoms with E-state index in [2.05, 4.69) is 10.6 Å². The molecule has 0 spiro atoms. The highest BCUT2D eigenvalue weighted by Gasteiger charge is 2.25. The summed E-state index contributed by atoms with van der Waals surface area (Å²) in [6.07, 6.45) is -0.544. The van der Waals surface area contributed by atoms with Gasteiger partial charge in [0.15, 0.2) is 23.3 Å². The fourth-order valence-electron chi connectivity index (χ4n) is 2.02. The predicted molar refractivity (Wildman–Crippen MR) is 93.8 cm³/mol. The quantitative estimate of drug-likeness (QED) is 0.246. The van der Waals surface area contributed by atoms with Gasteiger partial charge < -0.3 is 24.8 Å². The molecule has 11 heteroatoms. The number of alkyl carbamates (subject to hydrolysis) is 1. The minimum atomic E-state index is -2.19. The number of hydrogen-bond acceptors (Lipinski definition) is 5. The fraction of sp³-hybridized carbons (Fsp3) is 0.611. The normalized spacial score (nSPS) is 11.6. The van der Waals surface area contributed by atoms with Gasteiger partial charge in [0.25, 0.3) is 0 Å². The molecule has 1 aromatic rings. The van der Waals surface area contributed by atoms with E-state index >= 15 is 0 Å². The van der Waals surface area contributed by atoms with Gasteiger partial charge in [-0.05, 0) is 20.8 Å². The van der Waals surface area contributed by atoms with Crippen LogP contribution < -0.4 is 10.6 Å². The van der Waals surface area contributed by atoms with Gasteiger partial charge in [-0.2, -0.15) is 0 Å². The highest BCUT2D eigenvalue weighted by molar-refractivity contribution is 5.67. The maximum absolute atomic E-state index is 13.5. The summed E-state index contributed by atoms with van der Waals surface area (Å²) in [4.78, 5) is 11.4. The molecule has 0 saturated carbocycles. The van der Waals surface area contributed by atoms with Crippen molar-refractivity contribution in [2.75, 3.05) is 39.5 Å². The SMILES string of the molecule is CC(C)(C)OC(=O)NCCOCCOCCNCc1c(F)c(F)c(F)c(F)c1F. The molecule has 0 saturated heterocycles. The molecule has 0 aromatic heterocycles. The average Bonchev–Trinajstić information content (AvgIpc) is 2.63. The van der Waals surface area contributed by atoms with Gasteiger partial charge in [-0.25, -0.2) is 26.7 Å². The molecule has 0 aliphatic carbocycles.